The summed E-state index contributed by atoms with van der Waals surface area (Å²) in [6, 6.07) is 0.229. The second-order valence-electron chi connectivity index (χ2n) is 1.74. The number of aliphatic imine (C=N–C) groups is 3. The van der Waals surface area contributed by atoms with Crippen molar-refractivity contribution in [1.29, 1.82) is 0 Å². The maximum absolute atomic E-state index is 9.87. The number of nitrogens with zero attached hydrogens (tertiary/aromatic N) is 3. The maximum Gasteiger partial charge on any atom is 0.274 e. The van der Waals surface area contributed by atoms with E-state index in [-0.39, 0.29) is 6.04 Å². The Morgan fingerprint density at radius 1 is 1.00 bits per heavy atom. The highest BCUT2D eigenvalue weighted by Crippen LogP contribution is 2.16. The van der Waals surface area contributed by atoms with Gasteiger partial charge in [-0.05, 0) is 0 Å². The highest BCUT2D eigenvalue weighted by molar-refractivity contribution is 6.09. The molecule has 0 spiro atoms. The zero-order chi connectivity index (χ0) is 9.45. The van der Waals surface area contributed by atoms with E-state index in [1.807, 2.05) is 0 Å². The summed E-state index contributed by atoms with van der Waals surface area (Å²) in [4.78, 5) is 39.0. The van der Waals surface area contributed by atoms with Crippen molar-refractivity contribution in [3.05, 3.63) is 0 Å². The van der Waals surface area contributed by atoms with Gasteiger partial charge in [-0.25, -0.2) is 14.4 Å². The van der Waals surface area contributed by atoms with Crippen molar-refractivity contribution in [3.8, 4) is 0 Å². The van der Waals surface area contributed by atoms with E-state index in [1.54, 1.807) is 0 Å². The molecule has 0 bridgehead atoms. The summed E-state index contributed by atoms with van der Waals surface area (Å²) >= 11 is 0. The average Bonchev–Trinajstić information content (AvgIpc) is 2.06. The molecule has 0 heterocycles. The first-order chi connectivity index (χ1) is 5.74. The van der Waals surface area contributed by atoms with E-state index in [0.29, 0.717) is 10.2 Å². The van der Waals surface area contributed by atoms with Crippen LogP contribution in [0.25, 0.3) is 0 Å². The van der Waals surface area contributed by atoms with Crippen LogP contribution in [0, 0.1) is 0 Å². The van der Waals surface area contributed by atoms with Crippen molar-refractivity contribution in [1.82, 2.24) is 0 Å². The van der Waals surface area contributed by atoms with Gasteiger partial charge in [-0.2, -0.15) is 15.0 Å². The Labute approximate surface area is 70.5 Å². The Morgan fingerprint density at radius 3 is 1.50 bits per heavy atom. The molecule has 0 aliphatic rings. The number of isocyanates is 3. The third-order valence-electron chi connectivity index (χ3n) is 1.15. The van der Waals surface area contributed by atoms with Crippen molar-refractivity contribution in [2.75, 3.05) is 0 Å². The lowest BCUT2D eigenvalue weighted by molar-refractivity contribution is 0.483. The average molecular weight is 183 g/mol. The second kappa shape index (κ2) is 5.07. The molecular weight excluding hydrogens is 178 g/mol. The van der Waals surface area contributed by atoms with E-state index in [1.165, 1.54) is 18.2 Å². The summed E-state index contributed by atoms with van der Waals surface area (Å²) in [5.74, 6) is -1.64. The molecule has 0 aromatic rings. The molecule has 0 saturated carbocycles. The molecule has 0 unspecified atom stereocenters. The summed E-state index contributed by atoms with van der Waals surface area (Å²) in [5, 5.41) is 0. The summed E-state index contributed by atoms with van der Waals surface area (Å²) in [7, 11) is 0.571. The van der Waals surface area contributed by atoms with Crippen molar-refractivity contribution >= 4 is 28.5 Å². The molecule has 0 N–H and O–H groups in total. The van der Waals surface area contributed by atoms with Gasteiger partial charge in [0.15, 0.2) is 0 Å². The van der Waals surface area contributed by atoms with Gasteiger partial charge in [-0.3, -0.25) is 0 Å². The normalized spacial score (nSPS) is 13.0. The molecule has 0 aliphatic carbocycles. The van der Waals surface area contributed by atoms with Crippen LogP contribution in [-0.4, -0.2) is 34.3 Å². The molecule has 0 aliphatic heterocycles. The van der Waals surface area contributed by atoms with E-state index < -0.39 is 5.79 Å². The fourth-order valence-corrected chi connectivity index (χ4v) is 1.01. The molecule has 7 heteroatoms. The monoisotopic (exact) mass is 183 g/mol. The molecule has 0 fully saturated rings. The van der Waals surface area contributed by atoms with Crippen molar-refractivity contribution in [3.63, 3.8) is 0 Å². The minimum atomic E-state index is -1.64. The minimum absolute atomic E-state index is 0.229. The van der Waals surface area contributed by atoms with Gasteiger partial charge in [0.2, 0.25) is 18.2 Å². The Hall–Kier alpha value is -1.64. The molecule has 62 valence electrons. The fourth-order valence-electron chi connectivity index (χ4n) is 0.531. The first-order valence-electron chi connectivity index (χ1n) is 3.01. The lowest BCUT2D eigenvalue weighted by Crippen LogP contribution is -2.19. The van der Waals surface area contributed by atoms with Gasteiger partial charge in [0.25, 0.3) is 5.79 Å². The molecule has 6 nitrogen and oxygen atoms in total. The third-order valence-corrected chi connectivity index (χ3v) is 2.10. The Kier molecular flexibility index (Phi) is 4.37. The number of hydrogen-bond donors (Lipinski definition) is 0. The molecule has 0 saturated heterocycles. The largest absolute Gasteiger partial charge is 0.274 e. The summed E-state index contributed by atoms with van der Waals surface area (Å²) in [5.41, 5.74) is 0. The summed E-state index contributed by atoms with van der Waals surface area (Å²) < 4.78 is 0. The molecule has 0 radical (unpaired) electrons. The number of carbonyl (C=O) groups excluding carboxylic acids is 3. The van der Waals surface area contributed by atoms with Crippen LogP contribution in [0.2, 0.25) is 6.04 Å². The van der Waals surface area contributed by atoms with E-state index in [0.717, 1.165) is 0 Å². The van der Waals surface area contributed by atoms with Crippen LogP contribution in [0.3, 0.4) is 0 Å². The van der Waals surface area contributed by atoms with Gasteiger partial charge in [0.05, 0.1) is 0 Å². The zero-order valence-corrected chi connectivity index (χ0v) is 8.27. The zero-order valence-electron chi connectivity index (χ0n) is 6.27. The van der Waals surface area contributed by atoms with Crippen molar-refractivity contribution in [2.45, 2.75) is 11.8 Å². The summed E-state index contributed by atoms with van der Waals surface area (Å²) in [6.07, 6.45) is 3.54. The maximum atomic E-state index is 9.87. The minimum Gasteiger partial charge on any atom is -0.211 e. The van der Waals surface area contributed by atoms with Crippen molar-refractivity contribution < 1.29 is 14.4 Å². The molecule has 0 atom stereocenters. The number of rotatable bonds is 4. The first-order valence-corrected chi connectivity index (χ1v) is 4.43. The molecule has 0 rings (SSSR count). The predicted octanol–water partition coefficient (Wildman–Crippen LogP) is -1.57. The Balaban J connectivity index is 5.13. The van der Waals surface area contributed by atoms with Crippen LogP contribution >= 0.6 is 0 Å². The molecular formula is C5H5N3O3Si. The Morgan fingerprint density at radius 2 is 1.33 bits per heavy atom. The van der Waals surface area contributed by atoms with Crippen LogP contribution < -0.4 is 0 Å². The van der Waals surface area contributed by atoms with Gasteiger partial charge >= 0.3 is 0 Å². The SMILES string of the molecule is O=C=NC(C[SiH3])(N=C=O)N=C=O. The Bertz CT molecular complexity index is 252. The van der Waals surface area contributed by atoms with E-state index in [4.69, 9.17) is 0 Å². The van der Waals surface area contributed by atoms with E-state index in [9.17, 15) is 14.4 Å². The highest BCUT2D eigenvalue weighted by atomic mass is 28.1. The molecule has 0 aromatic heterocycles. The van der Waals surface area contributed by atoms with Crippen LogP contribution in [0.5, 0.6) is 0 Å². The number of hydrogen-bond acceptors (Lipinski definition) is 6. The fraction of sp³-hybridized carbons (Fsp3) is 0.400. The van der Waals surface area contributed by atoms with Gasteiger partial charge in [0, 0.05) is 16.3 Å². The van der Waals surface area contributed by atoms with Gasteiger partial charge in [-0.1, -0.05) is 0 Å². The predicted molar refractivity (Wildman–Crippen MR) is 41.8 cm³/mol. The van der Waals surface area contributed by atoms with Crippen LogP contribution in [-0.2, 0) is 14.4 Å². The van der Waals surface area contributed by atoms with Gasteiger partial charge < -0.3 is 0 Å². The van der Waals surface area contributed by atoms with Gasteiger partial charge in [-0.15, -0.1) is 0 Å². The highest BCUT2D eigenvalue weighted by Gasteiger charge is 2.25. The van der Waals surface area contributed by atoms with Crippen LogP contribution in [0.15, 0.2) is 15.0 Å². The molecule has 0 amide bonds. The van der Waals surface area contributed by atoms with Crippen molar-refractivity contribution in [2.24, 2.45) is 15.0 Å². The summed E-state index contributed by atoms with van der Waals surface area (Å²) in [6.45, 7) is 0. The molecule has 12 heavy (non-hydrogen) atoms. The smallest absolute Gasteiger partial charge is 0.211 e. The van der Waals surface area contributed by atoms with E-state index in [2.05, 4.69) is 15.0 Å². The second-order valence-corrected chi connectivity index (χ2v) is 2.44. The molecule has 0 aromatic carbocycles. The lowest BCUT2D eigenvalue weighted by Gasteiger charge is -2.10. The van der Waals surface area contributed by atoms with E-state index >= 15 is 0 Å². The van der Waals surface area contributed by atoms with Gasteiger partial charge in [0.1, 0.15) is 0 Å². The topological polar surface area (TPSA) is 88.3 Å². The first kappa shape index (κ1) is 10.4. The third kappa shape index (κ3) is 2.54. The standard InChI is InChI=1S/C5H5N3O3Si/c9-2-6-5(1-12,7-3-10)8-4-11/h1H2,12H3. The van der Waals surface area contributed by atoms with Crippen LogP contribution in [0.4, 0.5) is 0 Å². The lowest BCUT2D eigenvalue weighted by atomic mass is 10.4. The van der Waals surface area contributed by atoms with Crippen LogP contribution in [0.1, 0.15) is 0 Å². The quantitative estimate of drug-likeness (QED) is 0.299.